The van der Waals surface area contributed by atoms with Gasteiger partial charge in [-0.15, -0.1) is 0 Å². The lowest BCUT2D eigenvalue weighted by Gasteiger charge is -2.11. The number of fused-ring (bicyclic) bond motifs is 1. The molecule has 0 spiro atoms. The van der Waals surface area contributed by atoms with Crippen molar-refractivity contribution in [3.05, 3.63) is 58.9 Å². The van der Waals surface area contributed by atoms with E-state index in [4.69, 9.17) is 0 Å². The molecule has 0 amide bonds. The van der Waals surface area contributed by atoms with Gasteiger partial charge < -0.3 is 9.88 Å². The molecule has 4 nitrogen and oxygen atoms in total. The van der Waals surface area contributed by atoms with Crippen molar-refractivity contribution in [3.63, 3.8) is 0 Å². The lowest BCUT2D eigenvalue weighted by molar-refractivity contribution is 1.13. The molecule has 0 atom stereocenters. The zero-order chi connectivity index (χ0) is 17.3. The summed E-state index contributed by atoms with van der Waals surface area (Å²) in [6, 6.07) is 14.4. The average molecular weight is 316 g/mol. The summed E-state index contributed by atoms with van der Waals surface area (Å²) < 4.78 is 0. The largest absolute Gasteiger partial charge is 0.378 e. The van der Waals surface area contributed by atoms with Crippen LogP contribution >= 0.6 is 0 Å². The molecule has 0 bridgehead atoms. The molecule has 1 heterocycles. The van der Waals surface area contributed by atoms with Crippen LogP contribution in [-0.4, -0.2) is 24.1 Å². The van der Waals surface area contributed by atoms with Crippen LogP contribution in [0.3, 0.4) is 0 Å². The molecule has 0 saturated heterocycles. The number of anilines is 1. The van der Waals surface area contributed by atoms with Crippen LogP contribution in [0.25, 0.3) is 22.7 Å². The summed E-state index contributed by atoms with van der Waals surface area (Å²) in [5.74, 6) is 0.606. The number of hydrogen-bond acceptors (Lipinski definition) is 3. The maximum atomic E-state index is 9.53. The summed E-state index contributed by atoms with van der Waals surface area (Å²) in [5, 5.41) is 9.53. The van der Waals surface area contributed by atoms with Crippen molar-refractivity contribution in [3.8, 4) is 6.07 Å². The number of benzene rings is 2. The number of aryl methyl sites for hydroxylation is 2. The molecule has 0 aliphatic heterocycles. The van der Waals surface area contributed by atoms with Gasteiger partial charge in [0.05, 0.1) is 16.6 Å². The van der Waals surface area contributed by atoms with E-state index in [2.05, 4.69) is 36.0 Å². The van der Waals surface area contributed by atoms with Gasteiger partial charge >= 0.3 is 0 Å². The van der Waals surface area contributed by atoms with Crippen molar-refractivity contribution in [2.24, 2.45) is 0 Å². The Kier molecular flexibility index (Phi) is 4.09. The van der Waals surface area contributed by atoms with Crippen LogP contribution in [0.4, 0.5) is 5.69 Å². The fourth-order valence-electron chi connectivity index (χ4n) is 2.59. The molecule has 0 saturated carbocycles. The Labute approximate surface area is 142 Å². The second-order valence-corrected chi connectivity index (χ2v) is 6.19. The van der Waals surface area contributed by atoms with Gasteiger partial charge in [-0.25, -0.2) is 4.98 Å². The number of nitrogens with zero attached hydrogens (tertiary/aromatic N) is 3. The molecule has 4 heteroatoms. The van der Waals surface area contributed by atoms with E-state index in [-0.39, 0.29) is 0 Å². The fourth-order valence-corrected chi connectivity index (χ4v) is 2.59. The summed E-state index contributed by atoms with van der Waals surface area (Å²) in [4.78, 5) is 9.87. The minimum Gasteiger partial charge on any atom is -0.378 e. The van der Waals surface area contributed by atoms with Crippen LogP contribution in [0.15, 0.2) is 36.4 Å². The second-order valence-electron chi connectivity index (χ2n) is 6.19. The van der Waals surface area contributed by atoms with E-state index in [9.17, 15) is 5.26 Å². The molecular formula is C20H20N4. The van der Waals surface area contributed by atoms with Crippen LogP contribution in [0.1, 0.15) is 22.5 Å². The highest BCUT2D eigenvalue weighted by atomic mass is 15.1. The van der Waals surface area contributed by atoms with Crippen LogP contribution < -0.4 is 4.90 Å². The molecule has 0 aliphatic carbocycles. The van der Waals surface area contributed by atoms with Gasteiger partial charge in [-0.1, -0.05) is 12.1 Å². The number of hydrogen-bond donors (Lipinski definition) is 1. The van der Waals surface area contributed by atoms with Gasteiger partial charge in [0.2, 0.25) is 0 Å². The number of nitriles is 1. The molecule has 120 valence electrons. The first-order valence-electron chi connectivity index (χ1n) is 7.84. The van der Waals surface area contributed by atoms with E-state index in [1.807, 2.05) is 55.4 Å². The van der Waals surface area contributed by atoms with Crippen LogP contribution in [0, 0.1) is 25.2 Å². The molecule has 0 radical (unpaired) electrons. The lowest BCUT2D eigenvalue weighted by atomic mass is 10.1. The standard InChI is InChI=1S/C20H20N4/c1-13-9-18-19(10-14(13)2)23-20(22-18)16(12-21)11-15-5-7-17(8-6-15)24(3)4/h5-11H,1-4H3,(H,22,23)/b16-11-. The van der Waals surface area contributed by atoms with Crippen molar-refractivity contribution in [2.45, 2.75) is 13.8 Å². The van der Waals surface area contributed by atoms with E-state index in [0.717, 1.165) is 22.3 Å². The molecule has 0 unspecified atom stereocenters. The third-order valence-electron chi connectivity index (χ3n) is 4.19. The Bertz CT molecular complexity index is 915. The summed E-state index contributed by atoms with van der Waals surface area (Å²) >= 11 is 0. The summed E-state index contributed by atoms with van der Waals surface area (Å²) in [6.07, 6.45) is 1.86. The number of aromatic amines is 1. The molecule has 2 aromatic carbocycles. The van der Waals surface area contributed by atoms with E-state index in [1.165, 1.54) is 11.1 Å². The van der Waals surface area contributed by atoms with Crippen molar-refractivity contribution in [1.82, 2.24) is 9.97 Å². The average Bonchev–Trinajstić information content (AvgIpc) is 2.96. The molecule has 0 fully saturated rings. The summed E-state index contributed by atoms with van der Waals surface area (Å²) in [5.41, 5.74) is 6.88. The molecule has 24 heavy (non-hydrogen) atoms. The first kappa shape index (κ1) is 15.8. The second kappa shape index (κ2) is 6.21. The highest BCUT2D eigenvalue weighted by molar-refractivity contribution is 5.90. The number of aromatic nitrogens is 2. The van der Waals surface area contributed by atoms with E-state index in [1.54, 1.807) is 0 Å². The number of rotatable bonds is 3. The van der Waals surface area contributed by atoms with Crippen LogP contribution in [0.2, 0.25) is 0 Å². The van der Waals surface area contributed by atoms with Crippen LogP contribution in [-0.2, 0) is 0 Å². The molecule has 1 N–H and O–H groups in total. The first-order chi connectivity index (χ1) is 11.5. The Balaban J connectivity index is 2.00. The van der Waals surface area contributed by atoms with Gasteiger partial charge in [0.25, 0.3) is 0 Å². The first-order valence-corrected chi connectivity index (χ1v) is 7.84. The topological polar surface area (TPSA) is 55.7 Å². The third-order valence-corrected chi connectivity index (χ3v) is 4.19. The lowest BCUT2D eigenvalue weighted by Crippen LogP contribution is -2.07. The maximum Gasteiger partial charge on any atom is 0.149 e. The highest BCUT2D eigenvalue weighted by Gasteiger charge is 2.09. The molecule has 3 aromatic rings. The number of allylic oxidation sites excluding steroid dienone is 1. The van der Waals surface area contributed by atoms with Gasteiger partial charge in [-0.2, -0.15) is 5.26 Å². The van der Waals surface area contributed by atoms with Gasteiger partial charge in [0, 0.05) is 19.8 Å². The quantitative estimate of drug-likeness (QED) is 0.733. The molecular weight excluding hydrogens is 296 g/mol. The van der Waals surface area contributed by atoms with Gasteiger partial charge in [-0.05, 0) is 60.9 Å². The molecule has 3 rings (SSSR count). The van der Waals surface area contributed by atoms with Crippen molar-refractivity contribution >= 4 is 28.4 Å². The highest BCUT2D eigenvalue weighted by Crippen LogP contribution is 2.22. The Morgan fingerprint density at radius 2 is 1.79 bits per heavy atom. The summed E-state index contributed by atoms with van der Waals surface area (Å²) in [7, 11) is 4.01. The van der Waals surface area contributed by atoms with Gasteiger partial charge in [-0.3, -0.25) is 0 Å². The van der Waals surface area contributed by atoms with E-state index >= 15 is 0 Å². The number of nitrogens with one attached hydrogen (secondary N) is 1. The number of imidazole rings is 1. The Morgan fingerprint density at radius 1 is 1.12 bits per heavy atom. The molecule has 1 aromatic heterocycles. The zero-order valence-electron chi connectivity index (χ0n) is 14.4. The van der Waals surface area contributed by atoms with E-state index < -0.39 is 0 Å². The fraction of sp³-hybridized carbons (Fsp3) is 0.200. The SMILES string of the molecule is Cc1cc2nc(/C(C#N)=C\c3ccc(N(C)C)cc3)[nH]c2cc1C. The smallest absolute Gasteiger partial charge is 0.149 e. The normalized spacial score (nSPS) is 11.5. The maximum absolute atomic E-state index is 9.53. The monoisotopic (exact) mass is 316 g/mol. The Morgan fingerprint density at radius 3 is 2.42 bits per heavy atom. The van der Waals surface area contributed by atoms with Crippen molar-refractivity contribution < 1.29 is 0 Å². The van der Waals surface area contributed by atoms with Crippen molar-refractivity contribution in [2.75, 3.05) is 19.0 Å². The van der Waals surface area contributed by atoms with Gasteiger partial charge in [0.15, 0.2) is 0 Å². The predicted octanol–water partition coefficient (Wildman–Crippen LogP) is 4.31. The van der Waals surface area contributed by atoms with Gasteiger partial charge in [0.1, 0.15) is 11.9 Å². The van der Waals surface area contributed by atoms with Crippen molar-refractivity contribution in [1.29, 1.82) is 5.26 Å². The minimum absolute atomic E-state index is 0.527. The predicted molar refractivity (Wildman–Crippen MR) is 99.8 cm³/mol. The molecule has 0 aliphatic rings. The number of H-pyrrole nitrogens is 1. The van der Waals surface area contributed by atoms with Crippen LogP contribution in [0.5, 0.6) is 0 Å². The van der Waals surface area contributed by atoms with E-state index in [0.29, 0.717) is 11.4 Å². The minimum atomic E-state index is 0.527. The summed E-state index contributed by atoms with van der Waals surface area (Å²) in [6.45, 7) is 4.14. The Hall–Kier alpha value is -3.06. The zero-order valence-corrected chi connectivity index (χ0v) is 14.4. The third kappa shape index (κ3) is 3.02.